The maximum Gasteiger partial charge on any atom is 0.0959 e. The molecule has 1 rings (SSSR count). The van der Waals surface area contributed by atoms with Gasteiger partial charge in [0.15, 0.2) is 0 Å². The first-order chi connectivity index (χ1) is 4.93. The highest BCUT2D eigenvalue weighted by atomic mass is 15.0. The van der Waals surface area contributed by atoms with Crippen molar-refractivity contribution < 1.29 is 0 Å². The lowest BCUT2D eigenvalue weighted by atomic mass is 10.1. The van der Waals surface area contributed by atoms with Crippen molar-refractivity contribution >= 4 is 5.84 Å². The largest absolute Gasteiger partial charge is 0.374 e. The van der Waals surface area contributed by atoms with E-state index in [1.807, 2.05) is 7.05 Å². The standard InChI is InChI=1S/C8H16N2/c1-9-8-6-4-2-3-5-7-10-8/h2-7H2,1H3,(H,9,10). The van der Waals surface area contributed by atoms with Gasteiger partial charge in [-0.3, -0.25) is 4.99 Å². The van der Waals surface area contributed by atoms with E-state index in [4.69, 9.17) is 0 Å². The smallest absolute Gasteiger partial charge is 0.0959 e. The van der Waals surface area contributed by atoms with E-state index in [1.165, 1.54) is 31.5 Å². The molecule has 0 spiro atoms. The first kappa shape index (κ1) is 7.58. The minimum atomic E-state index is 1.12. The molecule has 0 saturated carbocycles. The molecule has 0 bridgehead atoms. The second-order valence-electron chi connectivity index (χ2n) is 2.76. The van der Waals surface area contributed by atoms with Gasteiger partial charge < -0.3 is 5.32 Å². The molecule has 0 aromatic carbocycles. The normalized spacial score (nSPS) is 25.1. The first-order valence-corrected chi connectivity index (χ1v) is 4.13. The molecular weight excluding hydrogens is 124 g/mol. The molecule has 1 heterocycles. The van der Waals surface area contributed by atoms with Crippen molar-refractivity contribution in [3.63, 3.8) is 0 Å². The summed E-state index contributed by atoms with van der Waals surface area (Å²) in [6, 6.07) is 0. The molecule has 1 aliphatic heterocycles. The Morgan fingerprint density at radius 1 is 1.20 bits per heavy atom. The second-order valence-corrected chi connectivity index (χ2v) is 2.76. The van der Waals surface area contributed by atoms with E-state index < -0.39 is 0 Å². The van der Waals surface area contributed by atoms with Crippen molar-refractivity contribution in [3.05, 3.63) is 0 Å². The van der Waals surface area contributed by atoms with Crippen LogP contribution in [0.4, 0.5) is 0 Å². The van der Waals surface area contributed by atoms with Crippen LogP contribution in [0, 0.1) is 0 Å². The highest BCUT2D eigenvalue weighted by molar-refractivity contribution is 5.81. The quantitative estimate of drug-likeness (QED) is 0.542. The molecule has 0 aromatic rings. The van der Waals surface area contributed by atoms with Gasteiger partial charge in [-0.15, -0.1) is 0 Å². The van der Waals surface area contributed by atoms with E-state index in [2.05, 4.69) is 10.3 Å². The van der Waals surface area contributed by atoms with Gasteiger partial charge in [-0.05, 0) is 12.8 Å². The van der Waals surface area contributed by atoms with Gasteiger partial charge in [-0.1, -0.05) is 12.8 Å². The Balaban J connectivity index is 2.30. The molecule has 0 atom stereocenters. The fourth-order valence-electron chi connectivity index (χ4n) is 1.28. The SMILES string of the molecule is C/N=C1\CCCCCCN1. The molecule has 0 aliphatic carbocycles. The van der Waals surface area contributed by atoms with Crippen LogP contribution < -0.4 is 5.32 Å². The topological polar surface area (TPSA) is 24.4 Å². The second kappa shape index (κ2) is 4.31. The summed E-state index contributed by atoms with van der Waals surface area (Å²) in [5.74, 6) is 1.19. The molecule has 1 aliphatic rings. The monoisotopic (exact) mass is 140 g/mol. The molecule has 1 fully saturated rings. The van der Waals surface area contributed by atoms with Crippen LogP contribution in [0.3, 0.4) is 0 Å². The molecule has 1 saturated heterocycles. The third-order valence-electron chi connectivity index (χ3n) is 1.94. The van der Waals surface area contributed by atoms with E-state index in [1.54, 1.807) is 0 Å². The van der Waals surface area contributed by atoms with Crippen molar-refractivity contribution in [1.82, 2.24) is 5.32 Å². The Bertz CT molecular complexity index is 108. The van der Waals surface area contributed by atoms with Crippen LogP contribution in [-0.2, 0) is 0 Å². The average molecular weight is 140 g/mol. The van der Waals surface area contributed by atoms with Crippen LogP contribution in [0.15, 0.2) is 4.99 Å². The van der Waals surface area contributed by atoms with Crippen molar-refractivity contribution in [2.24, 2.45) is 4.99 Å². The number of nitrogens with one attached hydrogen (secondary N) is 1. The lowest BCUT2D eigenvalue weighted by Crippen LogP contribution is -2.25. The van der Waals surface area contributed by atoms with E-state index in [0.29, 0.717) is 0 Å². The number of hydrogen-bond donors (Lipinski definition) is 1. The minimum absolute atomic E-state index is 1.12. The highest BCUT2D eigenvalue weighted by Gasteiger charge is 2.00. The van der Waals surface area contributed by atoms with Crippen LogP contribution in [0.5, 0.6) is 0 Å². The predicted molar refractivity (Wildman–Crippen MR) is 44.4 cm³/mol. The number of amidine groups is 1. The number of aliphatic imine (C=N–C) groups is 1. The van der Waals surface area contributed by atoms with Gasteiger partial charge in [0, 0.05) is 20.0 Å². The Kier molecular flexibility index (Phi) is 3.27. The van der Waals surface area contributed by atoms with Gasteiger partial charge in [0.2, 0.25) is 0 Å². The Morgan fingerprint density at radius 2 is 2.00 bits per heavy atom. The summed E-state index contributed by atoms with van der Waals surface area (Å²) in [5, 5.41) is 3.32. The summed E-state index contributed by atoms with van der Waals surface area (Å²) in [6.45, 7) is 1.12. The van der Waals surface area contributed by atoms with Crippen LogP contribution >= 0.6 is 0 Å². The Morgan fingerprint density at radius 3 is 2.80 bits per heavy atom. The molecule has 10 heavy (non-hydrogen) atoms. The van der Waals surface area contributed by atoms with Crippen molar-refractivity contribution in [3.8, 4) is 0 Å². The summed E-state index contributed by atoms with van der Waals surface area (Å²) in [6.07, 6.45) is 6.51. The molecule has 1 N–H and O–H groups in total. The lowest BCUT2D eigenvalue weighted by Gasteiger charge is -2.12. The van der Waals surface area contributed by atoms with Gasteiger partial charge in [-0.25, -0.2) is 0 Å². The Labute approximate surface area is 62.7 Å². The fraction of sp³-hybridized carbons (Fsp3) is 0.875. The van der Waals surface area contributed by atoms with Crippen LogP contribution in [0.25, 0.3) is 0 Å². The van der Waals surface area contributed by atoms with E-state index in [9.17, 15) is 0 Å². The summed E-state index contributed by atoms with van der Waals surface area (Å²) in [5.41, 5.74) is 0. The van der Waals surface area contributed by atoms with Gasteiger partial charge in [0.1, 0.15) is 0 Å². The molecule has 0 amide bonds. The van der Waals surface area contributed by atoms with Gasteiger partial charge >= 0.3 is 0 Å². The maximum atomic E-state index is 4.15. The summed E-state index contributed by atoms with van der Waals surface area (Å²) >= 11 is 0. The fourth-order valence-corrected chi connectivity index (χ4v) is 1.28. The third-order valence-corrected chi connectivity index (χ3v) is 1.94. The number of hydrogen-bond acceptors (Lipinski definition) is 1. The van der Waals surface area contributed by atoms with E-state index >= 15 is 0 Å². The molecule has 2 heteroatoms. The maximum absolute atomic E-state index is 4.15. The summed E-state index contributed by atoms with van der Waals surface area (Å²) in [4.78, 5) is 4.15. The van der Waals surface area contributed by atoms with Gasteiger partial charge in [0.05, 0.1) is 5.84 Å². The number of nitrogens with zero attached hydrogens (tertiary/aromatic N) is 1. The van der Waals surface area contributed by atoms with E-state index in [0.717, 1.165) is 13.0 Å². The summed E-state index contributed by atoms with van der Waals surface area (Å²) in [7, 11) is 1.87. The molecule has 58 valence electrons. The van der Waals surface area contributed by atoms with Crippen molar-refractivity contribution in [2.45, 2.75) is 32.1 Å². The molecule has 0 unspecified atom stereocenters. The van der Waals surface area contributed by atoms with Crippen molar-refractivity contribution in [2.75, 3.05) is 13.6 Å². The average Bonchev–Trinajstić information content (AvgIpc) is 1.87. The zero-order valence-electron chi connectivity index (χ0n) is 6.69. The zero-order chi connectivity index (χ0) is 7.23. The first-order valence-electron chi connectivity index (χ1n) is 4.13. The third kappa shape index (κ3) is 2.38. The molecule has 0 aromatic heterocycles. The van der Waals surface area contributed by atoms with Crippen molar-refractivity contribution in [1.29, 1.82) is 0 Å². The van der Waals surface area contributed by atoms with Crippen LogP contribution in [0.2, 0.25) is 0 Å². The molecule has 2 nitrogen and oxygen atoms in total. The van der Waals surface area contributed by atoms with Gasteiger partial charge in [-0.2, -0.15) is 0 Å². The van der Waals surface area contributed by atoms with Crippen LogP contribution in [-0.4, -0.2) is 19.4 Å². The predicted octanol–water partition coefficient (Wildman–Crippen LogP) is 1.57. The molecular formula is C8H16N2. The minimum Gasteiger partial charge on any atom is -0.374 e. The highest BCUT2D eigenvalue weighted by Crippen LogP contribution is 2.05. The van der Waals surface area contributed by atoms with Gasteiger partial charge in [0.25, 0.3) is 0 Å². The van der Waals surface area contributed by atoms with Crippen LogP contribution in [0.1, 0.15) is 32.1 Å². The van der Waals surface area contributed by atoms with E-state index in [-0.39, 0.29) is 0 Å². The summed E-state index contributed by atoms with van der Waals surface area (Å²) < 4.78 is 0. The lowest BCUT2D eigenvalue weighted by molar-refractivity contribution is 0.610. The number of rotatable bonds is 0. The zero-order valence-corrected chi connectivity index (χ0v) is 6.69. The molecule has 0 radical (unpaired) electrons. The Hall–Kier alpha value is -0.530.